The minimum absolute atomic E-state index is 0.221. The van der Waals surface area contributed by atoms with E-state index < -0.39 is 0 Å². The largest absolute Gasteiger partial charge is 0.390 e. The van der Waals surface area contributed by atoms with Crippen molar-refractivity contribution in [2.24, 2.45) is 0 Å². The van der Waals surface area contributed by atoms with Gasteiger partial charge in [0.2, 0.25) is 0 Å². The maximum absolute atomic E-state index is 10.8. The Morgan fingerprint density at radius 2 is 1.64 bits per heavy atom. The van der Waals surface area contributed by atoms with Crippen LogP contribution in [0.3, 0.4) is 0 Å². The Balaban J connectivity index is 1.42. The van der Waals surface area contributed by atoms with Gasteiger partial charge in [0.1, 0.15) is 0 Å². The Hall–Kier alpha value is -1.42. The Morgan fingerprint density at radius 1 is 0.880 bits per heavy atom. The van der Waals surface area contributed by atoms with Gasteiger partial charge in [-0.2, -0.15) is 0 Å². The summed E-state index contributed by atoms with van der Waals surface area (Å²) in [6, 6.07) is 15.5. The number of hydrogen-bond donors (Lipinski definition) is 1. The zero-order chi connectivity index (χ0) is 17.1. The maximum atomic E-state index is 10.8. The first-order chi connectivity index (χ1) is 12.3. The summed E-state index contributed by atoms with van der Waals surface area (Å²) >= 11 is 0. The lowest BCUT2D eigenvalue weighted by atomic mass is 9.98. The number of likely N-dealkylation sites (tertiary alicyclic amines) is 2. The van der Waals surface area contributed by atoms with Gasteiger partial charge in [-0.1, -0.05) is 55.3 Å². The molecule has 3 nitrogen and oxygen atoms in total. The van der Waals surface area contributed by atoms with E-state index in [0.29, 0.717) is 6.04 Å². The predicted molar refractivity (Wildman–Crippen MR) is 104 cm³/mol. The number of β-amino-alcohol motifs (C(OH)–C–C–N with tert-alkyl or cyclic N) is 1. The Labute approximate surface area is 151 Å². The molecule has 2 fully saturated rings. The Bertz CT molecular complexity index is 688. The van der Waals surface area contributed by atoms with Crippen molar-refractivity contribution < 1.29 is 5.11 Å². The molecule has 3 heteroatoms. The van der Waals surface area contributed by atoms with Crippen molar-refractivity contribution in [2.75, 3.05) is 26.2 Å². The molecule has 134 valence electrons. The summed E-state index contributed by atoms with van der Waals surface area (Å²) in [7, 11) is 0. The van der Waals surface area contributed by atoms with Crippen molar-refractivity contribution >= 4 is 10.8 Å². The third-order valence-electron chi connectivity index (χ3n) is 6.01. The summed E-state index contributed by atoms with van der Waals surface area (Å²) < 4.78 is 0. The van der Waals surface area contributed by atoms with Gasteiger partial charge in [-0.25, -0.2) is 0 Å². The number of piperidine rings is 1. The number of rotatable bonds is 3. The summed E-state index contributed by atoms with van der Waals surface area (Å²) in [5, 5.41) is 13.4. The maximum Gasteiger partial charge on any atom is 0.0822 e. The van der Waals surface area contributed by atoms with Crippen LogP contribution >= 0.6 is 0 Å². The van der Waals surface area contributed by atoms with Crippen LogP contribution in [0, 0.1) is 0 Å². The highest BCUT2D eigenvalue weighted by Gasteiger charge is 2.32. The molecule has 2 aliphatic rings. The fourth-order valence-corrected chi connectivity index (χ4v) is 4.65. The van der Waals surface area contributed by atoms with Crippen molar-refractivity contribution in [3.63, 3.8) is 0 Å². The molecule has 2 atom stereocenters. The number of benzene rings is 2. The standard InChI is InChI=1S/C22H30N2O/c25-22-17-23(15-12-21(22)24-13-5-1-2-6-14-24)16-19-10-7-9-18-8-3-4-11-20(18)19/h3-4,7-11,21-22,25H,1-2,5-6,12-17H2/t21-,22-/m0/s1. The molecule has 0 saturated carbocycles. The van der Waals surface area contributed by atoms with Gasteiger partial charge in [0.05, 0.1) is 6.10 Å². The van der Waals surface area contributed by atoms with E-state index >= 15 is 0 Å². The van der Waals surface area contributed by atoms with Crippen molar-refractivity contribution in [3.8, 4) is 0 Å². The highest BCUT2D eigenvalue weighted by atomic mass is 16.3. The highest BCUT2D eigenvalue weighted by Crippen LogP contribution is 2.24. The summed E-state index contributed by atoms with van der Waals surface area (Å²) in [4.78, 5) is 4.99. The molecule has 0 spiro atoms. The molecular weight excluding hydrogens is 308 g/mol. The molecule has 4 rings (SSSR count). The number of nitrogens with zero attached hydrogens (tertiary/aromatic N) is 2. The Kier molecular flexibility index (Phi) is 5.35. The van der Waals surface area contributed by atoms with Gasteiger partial charge in [-0.05, 0) is 48.7 Å². The molecule has 25 heavy (non-hydrogen) atoms. The molecule has 0 aliphatic carbocycles. The van der Waals surface area contributed by atoms with E-state index in [-0.39, 0.29) is 6.10 Å². The summed E-state index contributed by atoms with van der Waals surface area (Å²) in [6.07, 6.45) is 6.17. The van der Waals surface area contributed by atoms with Crippen molar-refractivity contribution in [1.29, 1.82) is 0 Å². The molecule has 2 aromatic carbocycles. The lowest BCUT2D eigenvalue weighted by Crippen LogP contribution is -2.54. The minimum atomic E-state index is -0.221. The van der Waals surface area contributed by atoms with Crippen LogP contribution in [-0.4, -0.2) is 53.2 Å². The molecule has 0 unspecified atom stereocenters. The average molecular weight is 338 g/mol. The van der Waals surface area contributed by atoms with Crippen molar-refractivity contribution in [1.82, 2.24) is 9.80 Å². The number of aliphatic hydroxyl groups is 1. The number of hydrogen-bond acceptors (Lipinski definition) is 3. The van der Waals surface area contributed by atoms with Crippen molar-refractivity contribution in [3.05, 3.63) is 48.0 Å². The average Bonchev–Trinajstić information content (AvgIpc) is 2.91. The molecule has 2 heterocycles. The monoisotopic (exact) mass is 338 g/mol. The van der Waals surface area contributed by atoms with E-state index in [1.54, 1.807) is 0 Å². The number of fused-ring (bicyclic) bond motifs is 1. The van der Waals surface area contributed by atoms with E-state index in [4.69, 9.17) is 0 Å². The second kappa shape index (κ2) is 7.86. The molecule has 0 radical (unpaired) electrons. The van der Waals surface area contributed by atoms with E-state index in [0.717, 1.165) is 26.1 Å². The van der Waals surface area contributed by atoms with Crippen LogP contribution in [0.15, 0.2) is 42.5 Å². The first kappa shape index (κ1) is 17.0. The molecular formula is C22H30N2O. The summed E-state index contributed by atoms with van der Waals surface area (Å²) in [5.74, 6) is 0. The van der Waals surface area contributed by atoms with Crippen LogP contribution in [0.5, 0.6) is 0 Å². The topological polar surface area (TPSA) is 26.7 Å². The molecule has 2 aromatic rings. The third-order valence-corrected chi connectivity index (χ3v) is 6.01. The second-order valence-corrected chi connectivity index (χ2v) is 7.75. The van der Waals surface area contributed by atoms with E-state index in [2.05, 4.69) is 52.3 Å². The van der Waals surface area contributed by atoms with Gasteiger partial charge in [-0.3, -0.25) is 9.80 Å². The first-order valence-electron chi connectivity index (χ1n) is 9.92. The van der Waals surface area contributed by atoms with Crippen LogP contribution in [0.2, 0.25) is 0 Å². The molecule has 1 N–H and O–H groups in total. The normalized spacial score (nSPS) is 26.6. The molecule has 0 aromatic heterocycles. The van der Waals surface area contributed by atoms with Crippen LogP contribution in [0.4, 0.5) is 0 Å². The third kappa shape index (κ3) is 3.89. The predicted octanol–water partition coefficient (Wildman–Crippen LogP) is 3.65. The number of aliphatic hydroxyl groups excluding tert-OH is 1. The van der Waals surface area contributed by atoms with Crippen LogP contribution in [0.1, 0.15) is 37.7 Å². The molecule has 2 saturated heterocycles. The zero-order valence-electron chi connectivity index (χ0n) is 15.1. The Morgan fingerprint density at radius 3 is 2.44 bits per heavy atom. The molecule has 2 aliphatic heterocycles. The van der Waals surface area contributed by atoms with Crippen LogP contribution in [-0.2, 0) is 6.54 Å². The fraction of sp³-hybridized carbons (Fsp3) is 0.545. The van der Waals surface area contributed by atoms with E-state index in [1.165, 1.54) is 55.1 Å². The van der Waals surface area contributed by atoms with Gasteiger partial charge < -0.3 is 5.11 Å². The highest BCUT2D eigenvalue weighted by molar-refractivity contribution is 5.85. The SMILES string of the molecule is O[C@H]1CN(Cc2cccc3ccccc23)CC[C@@H]1N1CCCCCC1. The second-order valence-electron chi connectivity index (χ2n) is 7.75. The lowest BCUT2D eigenvalue weighted by molar-refractivity contribution is -0.0143. The smallest absolute Gasteiger partial charge is 0.0822 e. The fourth-order valence-electron chi connectivity index (χ4n) is 4.65. The molecule has 0 bridgehead atoms. The quantitative estimate of drug-likeness (QED) is 0.925. The minimum Gasteiger partial charge on any atom is -0.390 e. The van der Waals surface area contributed by atoms with Gasteiger partial charge >= 0.3 is 0 Å². The zero-order valence-corrected chi connectivity index (χ0v) is 15.1. The van der Waals surface area contributed by atoms with Gasteiger partial charge in [-0.15, -0.1) is 0 Å². The van der Waals surface area contributed by atoms with E-state index in [9.17, 15) is 5.11 Å². The summed E-state index contributed by atoms with van der Waals surface area (Å²) in [5.41, 5.74) is 1.37. The van der Waals surface area contributed by atoms with Gasteiger partial charge in [0.25, 0.3) is 0 Å². The summed E-state index contributed by atoms with van der Waals surface area (Å²) in [6.45, 7) is 5.16. The van der Waals surface area contributed by atoms with Crippen molar-refractivity contribution in [2.45, 2.75) is 50.8 Å². The van der Waals surface area contributed by atoms with Crippen LogP contribution < -0.4 is 0 Å². The lowest BCUT2D eigenvalue weighted by Gasteiger charge is -2.41. The first-order valence-corrected chi connectivity index (χ1v) is 9.92. The van der Waals surface area contributed by atoms with Gasteiger partial charge in [0.15, 0.2) is 0 Å². The van der Waals surface area contributed by atoms with E-state index in [1.807, 2.05) is 0 Å². The van der Waals surface area contributed by atoms with Gasteiger partial charge in [0, 0.05) is 25.7 Å². The molecule has 0 amide bonds. The van der Waals surface area contributed by atoms with Crippen LogP contribution in [0.25, 0.3) is 10.8 Å².